The van der Waals surface area contributed by atoms with Crippen molar-refractivity contribution in [3.8, 4) is 11.1 Å². The van der Waals surface area contributed by atoms with Gasteiger partial charge in [-0.05, 0) is 39.7 Å². The molecule has 0 radical (unpaired) electrons. The molecule has 102 valence electrons. The lowest BCUT2D eigenvalue weighted by molar-refractivity contribution is 0.602. The maximum absolute atomic E-state index is 11.6. The standard InChI is InChI=1S/C14H11BrN2O2S/c1-20(18,19)11-4-2-3-9(5-11)10-6-12-13(15)8-17-14(12)16-7-10/h2-8H,1H3,(H,16,17). The van der Waals surface area contributed by atoms with Gasteiger partial charge in [-0.2, -0.15) is 0 Å². The first-order valence-electron chi connectivity index (χ1n) is 5.88. The first-order valence-corrected chi connectivity index (χ1v) is 8.57. The molecule has 0 aliphatic rings. The van der Waals surface area contributed by atoms with Gasteiger partial charge in [-0.3, -0.25) is 0 Å². The summed E-state index contributed by atoms with van der Waals surface area (Å²) in [4.78, 5) is 7.69. The lowest BCUT2D eigenvalue weighted by Crippen LogP contribution is -1.96. The molecular weight excluding hydrogens is 340 g/mol. The van der Waals surface area contributed by atoms with E-state index in [0.717, 1.165) is 26.6 Å². The Morgan fingerprint density at radius 2 is 2.00 bits per heavy atom. The number of hydrogen-bond donors (Lipinski definition) is 1. The van der Waals surface area contributed by atoms with Crippen LogP contribution in [0.25, 0.3) is 22.2 Å². The Hall–Kier alpha value is -1.66. The van der Waals surface area contributed by atoms with E-state index >= 15 is 0 Å². The zero-order valence-electron chi connectivity index (χ0n) is 10.6. The molecule has 0 aliphatic carbocycles. The molecule has 1 aromatic carbocycles. The van der Waals surface area contributed by atoms with Gasteiger partial charge in [0.25, 0.3) is 0 Å². The summed E-state index contributed by atoms with van der Waals surface area (Å²) < 4.78 is 24.2. The van der Waals surface area contributed by atoms with Crippen LogP contribution in [-0.4, -0.2) is 24.6 Å². The van der Waals surface area contributed by atoms with Crippen LogP contribution in [0.1, 0.15) is 0 Å². The van der Waals surface area contributed by atoms with Crippen LogP contribution in [0.15, 0.2) is 52.1 Å². The normalized spacial score (nSPS) is 11.9. The van der Waals surface area contributed by atoms with Crippen LogP contribution in [0.3, 0.4) is 0 Å². The number of aromatic nitrogens is 2. The predicted octanol–water partition coefficient (Wildman–Crippen LogP) is 3.40. The average Bonchev–Trinajstić information content (AvgIpc) is 2.79. The second-order valence-corrected chi connectivity index (χ2v) is 7.43. The van der Waals surface area contributed by atoms with Gasteiger partial charge in [0.05, 0.1) is 4.90 Å². The lowest BCUT2D eigenvalue weighted by atomic mass is 10.1. The quantitative estimate of drug-likeness (QED) is 0.770. The summed E-state index contributed by atoms with van der Waals surface area (Å²) in [5.74, 6) is 0. The number of H-pyrrole nitrogens is 1. The minimum Gasteiger partial charge on any atom is -0.345 e. The third-order valence-electron chi connectivity index (χ3n) is 3.08. The van der Waals surface area contributed by atoms with Crippen molar-refractivity contribution < 1.29 is 8.42 Å². The summed E-state index contributed by atoms with van der Waals surface area (Å²) >= 11 is 3.45. The van der Waals surface area contributed by atoms with Gasteiger partial charge in [0.15, 0.2) is 9.84 Å². The van der Waals surface area contributed by atoms with E-state index in [2.05, 4.69) is 25.9 Å². The van der Waals surface area contributed by atoms with Crippen LogP contribution in [0.2, 0.25) is 0 Å². The summed E-state index contributed by atoms with van der Waals surface area (Å²) in [6.45, 7) is 0. The summed E-state index contributed by atoms with van der Waals surface area (Å²) in [6.07, 6.45) is 4.76. The van der Waals surface area contributed by atoms with Gasteiger partial charge < -0.3 is 4.98 Å². The number of nitrogens with one attached hydrogen (secondary N) is 1. The lowest BCUT2D eigenvalue weighted by Gasteiger charge is -2.04. The summed E-state index contributed by atoms with van der Waals surface area (Å²) in [5, 5.41) is 0.965. The molecule has 1 N–H and O–H groups in total. The monoisotopic (exact) mass is 350 g/mol. The van der Waals surface area contributed by atoms with Crippen LogP contribution < -0.4 is 0 Å². The molecule has 0 bridgehead atoms. The molecule has 0 fully saturated rings. The molecule has 6 heteroatoms. The van der Waals surface area contributed by atoms with Gasteiger partial charge in [0.1, 0.15) is 5.65 Å². The smallest absolute Gasteiger partial charge is 0.175 e. The van der Waals surface area contributed by atoms with E-state index in [-0.39, 0.29) is 0 Å². The van der Waals surface area contributed by atoms with Gasteiger partial charge in [0.2, 0.25) is 0 Å². The van der Waals surface area contributed by atoms with Crippen molar-refractivity contribution in [1.29, 1.82) is 0 Å². The van der Waals surface area contributed by atoms with Crippen molar-refractivity contribution in [3.05, 3.63) is 47.2 Å². The van der Waals surface area contributed by atoms with Gasteiger partial charge in [-0.25, -0.2) is 13.4 Å². The Labute approximate surface area is 124 Å². The van der Waals surface area contributed by atoms with Crippen LogP contribution in [-0.2, 0) is 9.84 Å². The van der Waals surface area contributed by atoms with Gasteiger partial charge >= 0.3 is 0 Å². The SMILES string of the molecule is CS(=O)(=O)c1cccc(-c2cnc3[nH]cc(Br)c3c2)c1. The first-order chi connectivity index (χ1) is 9.45. The van der Waals surface area contributed by atoms with Crippen molar-refractivity contribution in [2.45, 2.75) is 4.90 Å². The number of fused-ring (bicyclic) bond motifs is 1. The Balaban J connectivity index is 2.18. The molecule has 20 heavy (non-hydrogen) atoms. The average molecular weight is 351 g/mol. The molecule has 0 unspecified atom stereocenters. The van der Waals surface area contributed by atoms with E-state index in [1.165, 1.54) is 6.26 Å². The zero-order chi connectivity index (χ0) is 14.3. The number of sulfone groups is 1. The number of rotatable bonds is 2. The topological polar surface area (TPSA) is 62.8 Å². The zero-order valence-corrected chi connectivity index (χ0v) is 13.0. The van der Waals surface area contributed by atoms with E-state index in [9.17, 15) is 8.42 Å². The Bertz CT molecular complexity index is 900. The van der Waals surface area contributed by atoms with Gasteiger partial charge in [-0.1, -0.05) is 12.1 Å². The highest BCUT2D eigenvalue weighted by molar-refractivity contribution is 9.10. The van der Waals surface area contributed by atoms with Crippen molar-refractivity contribution in [2.75, 3.05) is 6.26 Å². The van der Waals surface area contributed by atoms with E-state index < -0.39 is 9.84 Å². The molecule has 0 amide bonds. The summed E-state index contributed by atoms with van der Waals surface area (Å²) in [6, 6.07) is 8.85. The summed E-state index contributed by atoms with van der Waals surface area (Å²) in [5.41, 5.74) is 2.50. The predicted molar refractivity (Wildman–Crippen MR) is 82.3 cm³/mol. The third-order valence-corrected chi connectivity index (χ3v) is 4.84. The Kier molecular flexibility index (Phi) is 3.14. The fraction of sp³-hybridized carbons (Fsp3) is 0.0714. The fourth-order valence-electron chi connectivity index (χ4n) is 2.04. The Morgan fingerprint density at radius 1 is 1.20 bits per heavy atom. The molecule has 2 heterocycles. The van der Waals surface area contributed by atoms with Gasteiger partial charge in [-0.15, -0.1) is 0 Å². The van der Waals surface area contributed by atoms with E-state index in [1.807, 2.05) is 18.3 Å². The van der Waals surface area contributed by atoms with E-state index in [0.29, 0.717) is 4.90 Å². The molecule has 3 rings (SSSR count). The van der Waals surface area contributed by atoms with Gasteiger partial charge in [0, 0.05) is 34.1 Å². The highest BCUT2D eigenvalue weighted by Crippen LogP contribution is 2.28. The number of nitrogens with zero attached hydrogens (tertiary/aromatic N) is 1. The highest BCUT2D eigenvalue weighted by Gasteiger charge is 2.10. The van der Waals surface area contributed by atoms with Crippen molar-refractivity contribution in [3.63, 3.8) is 0 Å². The van der Waals surface area contributed by atoms with E-state index in [4.69, 9.17) is 0 Å². The van der Waals surface area contributed by atoms with Crippen LogP contribution in [0, 0.1) is 0 Å². The second kappa shape index (κ2) is 4.71. The maximum Gasteiger partial charge on any atom is 0.175 e. The molecule has 0 aliphatic heterocycles. The maximum atomic E-state index is 11.6. The minimum atomic E-state index is -3.21. The molecule has 4 nitrogen and oxygen atoms in total. The number of hydrogen-bond acceptors (Lipinski definition) is 3. The molecule has 0 atom stereocenters. The second-order valence-electron chi connectivity index (χ2n) is 4.56. The van der Waals surface area contributed by atoms with Crippen molar-refractivity contribution >= 4 is 36.8 Å². The van der Waals surface area contributed by atoms with Crippen LogP contribution in [0.4, 0.5) is 0 Å². The molecule has 2 aromatic heterocycles. The first kappa shape index (κ1) is 13.3. The molecular formula is C14H11BrN2O2S. The molecule has 0 saturated heterocycles. The highest BCUT2D eigenvalue weighted by atomic mass is 79.9. The Morgan fingerprint density at radius 3 is 2.75 bits per heavy atom. The van der Waals surface area contributed by atoms with E-state index in [1.54, 1.807) is 24.4 Å². The third kappa shape index (κ3) is 2.36. The largest absolute Gasteiger partial charge is 0.345 e. The van der Waals surface area contributed by atoms with Crippen molar-refractivity contribution in [1.82, 2.24) is 9.97 Å². The number of benzene rings is 1. The van der Waals surface area contributed by atoms with Crippen LogP contribution >= 0.6 is 15.9 Å². The number of pyridine rings is 1. The van der Waals surface area contributed by atoms with Crippen molar-refractivity contribution in [2.24, 2.45) is 0 Å². The minimum absolute atomic E-state index is 0.309. The molecule has 0 spiro atoms. The fourth-order valence-corrected chi connectivity index (χ4v) is 3.12. The molecule has 0 saturated carbocycles. The number of halogens is 1. The summed E-state index contributed by atoms with van der Waals surface area (Å²) in [7, 11) is -3.21. The van der Waals surface area contributed by atoms with Crippen LogP contribution in [0.5, 0.6) is 0 Å². The number of aromatic amines is 1. The molecule has 3 aromatic rings.